The normalized spacial score (nSPS) is 26.0. The first-order valence-electron chi connectivity index (χ1n) is 9.60. The van der Waals surface area contributed by atoms with Gasteiger partial charge in [0.05, 0.1) is 17.5 Å². The summed E-state index contributed by atoms with van der Waals surface area (Å²) in [6, 6.07) is 6.68. The molecule has 4 rings (SSSR count). The van der Waals surface area contributed by atoms with Crippen molar-refractivity contribution >= 4 is 23.6 Å². The van der Waals surface area contributed by atoms with Gasteiger partial charge >= 0.3 is 6.09 Å². The maximum atomic E-state index is 12.6. The van der Waals surface area contributed by atoms with E-state index in [1.165, 1.54) is 4.90 Å². The zero-order chi connectivity index (χ0) is 18.1. The third kappa shape index (κ3) is 3.08. The second-order valence-corrected chi connectivity index (χ2v) is 7.42. The van der Waals surface area contributed by atoms with Gasteiger partial charge in [0.2, 0.25) is 11.8 Å². The molecule has 2 heterocycles. The summed E-state index contributed by atoms with van der Waals surface area (Å²) in [5.74, 6) is -0.0583. The summed E-state index contributed by atoms with van der Waals surface area (Å²) in [7, 11) is 0. The highest BCUT2D eigenvalue weighted by atomic mass is 16.6. The number of imide groups is 1. The van der Waals surface area contributed by atoms with Gasteiger partial charge in [0.1, 0.15) is 5.75 Å². The van der Waals surface area contributed by atoms with Crippen LogP contribution in [-0.2, 0) is 9.59 Å². The minimum absolute atomic E-state index is 0.0854. The minimum Gasteiger partial charge on any atom is -0.410 e. The Hall–Kier alpha value is -2.37. The molecule has 138 valence electrons. The number of anilines is 1. The molecule has 0 N–H and O–H groups in total. The molecular formula is C20H24N2O4. The Balaban J connectivity index is 1.45. The summed E-state index contributed by atoms with van der Waals surface area (Å²) in [4.78, 5) is 40.5. The highest BCUT2D eigenvalue weighted by Crippen LogP contribution is 2.40. The number of amides is 3. The molecular weight excluding hydrogens is 332 g/mol. The molecule has 6 nitrogen and oxygen atoms in total. The molecule has 2 atom stereocenters. The van der Waals surface area contributed by atoms with Gasteiger partial charge in [-0.15, -0.1) is 0 Å². The number of carbonyl (C=O) groups is 3. The van der Waals surface area contributed by atoms with Gasteiger partial charge in [-0.25, -0.2) is 4.79 Å². The van der Waals surface area contributed by atoms with E-state index < -0.39 is 0 Å². The van der Waals surface area contributed by atoms with E-state index in [-0.39, 0.29) is 29.7 Å². The van der Waals surface area contributed by atoms with E-state index in [2.05, 4.69) is 0 Å². The van der Waals surface area contributed by atoms with Gasteiger partial charge < -0.3 is 9.64 Å². The van der Waals surface area contributed by atoms with Gasteiger partial charge in [0.25, 0.3) is 0 Å². The first-order valence-corrected chi connectivity index (χ1v) is 9.60. The zero-order valence-electron chi connectivity index (χ0n) is 14.9. The Morgan fingerprint density at radius 3 is 2.00 bits per heavy atom. The number of nitrogens with zero attached hydrogens (tertiary/aromatic N) is 2. The van der Waals surface area contributed by atoms with E-state index in [0.717, 1.165) is 58.0 Å². The van der Waals surface area contributed by atoms with Crippen molar-refractivity contribution in [2.24, 2.45) is 11.8 Å². The number of fused-ring (bicyclic) bond motifs is 1. The SMILES string of the molecule is O=C(Oc1ccc(N2C(=O)C3CCCCC3C2=O)cc1)N1CCCCC1. The predicted octanol–water partition coefficient (Wildman–Crippen LogP) is 3.35. The molecule has 1 aromatic rings. The molecule has 0 aromatic heterocycles. The van der Waals surface area contributed by atoms with Crippen molar-refractivity contribution in [1.29, 1.82) is 0 Å². The maximum Gasteiger partial charge on any atom is 0.415 e. The topological polar surface area (TPSA) is 66.9 Å². The number of hydrogen-bond acceptors (Lipinski definition) is 4. The lowest BCUT2D eigenvalue weighted by Gasteiger charge is -2.25. The number of ether oxygens (including phenoxy) is 1. The van der Waals surface area contributed by atoms with Crippen LogP contribution in [0.25, 0.3) is 0 Å². The lowest BCUT2D eigenvalue weighted by atomic mass is 9.81. The van der Waals surface area contributed by atoms with Crippen molar-refractivity contribution in [2.45, 2.75) is 44.9 Å². The fraction of sp³-hybridized carbons (Fsp3) is 0.550. The van der Waals surface area contributed by atoms with Gasteiger partial charge in [-0.1, -0.05) is 12.8 Å². The van der Waals surface area contributed by atoms with Crippen LogP contribution in [0.2, 0.25) is 0 Å². The molecule has 6 heteroatoms. The van der Waals surface area contributed by atoms with Crippen LogP contribution >= 0.6 is 0 Å². The number of carbonyl (C=O) groups excluding carboxylic acids is 3. The molecule has 26 heavy (non-hydrogen) atoms. The second-order valence-electron chi connectivity index (χ2n) is 7.42. The van der Waals surface area contributed by atoms with Gasteiger partial charge in [-0.05, 0) is 56.4 Å². The van der Waals surface area contributed by atoms with Crippen molar-refractivity contribution in [1.82, 2.24) is 4.90 Å². The molecule has 2 aliphatic heterocycles. The molecule has 0 radical (unpaired) electrons. The fourth-order valence-electron chi connectivity index (χ4n) is 4.32. The molecule has 1 saturated carbocycles. The molecule has 2 saturated heterocycles. The van der Waals surface area contributed by atoms with Crippen LogP contribution in [0.4, 0.5) is 10.5 Å². The van der Waals surface area contributed by atoms with E-state index in [1.54, 1.807) is 29.2 Å². The van der Waals surface area contributed by atoms with Gasteiger partial charge in [-0.3, -0.25) is 14.5 Å². The molecule has 3 aliphatic rings. The van der Waals surface area contributed by atoms with Crippen LogP contribution in [0.3, 0.4) is 0 Å². The third-order valence-electron chi connectivity index (χ3n) is 5.76. The number of piperidine rings is 1. The first kappa shape index (κ1) is 17.1. The van der Waals surface area contributed by atoms with Crippen LogP contribution in [0.1, 0.15) is 44.9 Å². The van der Waals surface area contributed by atoms with Gasteiger partial charge in [0.15, 0.2) is 0 Å². The van der Waals surface area contributed by atoms with Crippen molar-refractivity contribution in [3.8, 4) is 5.75 Å². The van der Waals surface area contributed by atoms with E-state index in [9.17, 15) is 14.4 Å². The van der Waals surface area contributed by atoms with Crippen LogP contribution in [0.5, 0.6) is 5.75 Å². The standard InChI is InChI=1S/C20H24N2O4/c23-18-16-6-2-3-7-17(16)19(24)22(18)14-8-10-15(11-9-14)26-20(25)21-12-4-1-5-13-21/h8-11,16-17H,1-7,12-13H2. The highest BCUT2D eigenvalue weighted by Gasteiger charge is 2.48. The summed E-state index contributed by atoms with van der Waals surface area (Å²) < 4.78 is 5.42. The number of rotatable bonds is 2. The van der Waals surface area contributed by atoms with E-state index in [4.69, 9.17) is 4.74 Å². The first-order chi connectivity index (χ1) is 12.6. The van der Waals surface area contributed by atoms with Crippen molar-refractivity contribution in [3.05, 3.63) is 24.3 Å². The van der Waals surface area contributed by atoms with Crippen LogP contribution in [0.15, 0.2) is 24.3 Å². The van der Waals surface area contributed by atoms with Crippen molar-refractivity contribution in [3.63, 3.8) is 0 Å². The Labute approximate surface area is 153 Å². The molecule has 0 spiro atoms. The predicted molar refractivity (Wildman–Crippen MR) is 95.8 cm³/mol. The van der Waals surface area contributed by atoms with E-state index in [1.807, 2.05) is 0 Å². The molecule has 2 unspecified atom stereocenters. The van der Waals surface area contributed by atoms with Crippen LogP contribution in [0, 0.1) is 11.8 Å². The van der Waals surface area contributed by atoms with E-state index >= 15 is 0 Å². The van der Waals surface area contributed by atoms with Crippen LogP contribution in [-0.4, -0.2) is 35.9 Å². The van der Waals surface area contributed by atoms with Gasteiger partial charge in [0, 0.05) is 13.1 Å². The number of likely N-dealkylation sites (tertiary alicyclic amines) is 1. The molecule has 1 aromatic carbocycles. The number of hydrogen-bond donors (Lipinski definition) is 0. The fourth-order valence-corrected chi connectivity index (χ4v) is 4.32. The van der Waals surface area contributed by atoms with E-state index in [0.29, 0.717) is 11.4 Å². The summed E-state index contributed by atoms with van der Waals surface area (Å²) >= 11 is 0. The summed E-state index contributed by atoms with van der Waals surface area (Å²) in [6.07, 6.45) is 6.47. The maximum absolute atomic E-state index is 12.6. The van der Waals surface area contributed by atoms with Crippen molar-refractivity contribution < 1.29 is 19.1 Å². The number of benzene rings is 1. The van der Waals surface area contributed by atoms with Gasteiger partial charge in [-0.2, -0.15) is 0 Å². The lowest BCUT2D eigenvalue weighted by molar-refractivity contribution is -0.122. The summed E-state index contributed by atoms with van der Waals surface area (Å²) in [5.41, 5.74) is 0.562. The van der Waals surface area contributed by atoms with Crippen molar-refractivity contribution in [2.75, 3.05) is 18.0 Å². The third-order valence-corrected chi connectivity index (χ3v) is 5.76. The Kier molecular flexibility index (Phi) is 4.66. The highest BCUT2D eigenvalue weighted by molar-refractivity contribution is 6.22. The summed E-state index contributed by atoms with van der Waals surface area (Å²) in [5, 5.41) is 0. The summed E-state index contributed by atoms with van der Waals surface area (Å²) in [6.45, 7) is 1.47. The molecule has 3 amide bonds. The average molecular weight is 356 g/mol. The molecule has 3 fully saturated rings. The monoisotopic (exact) mass is 356 g/mol. The molecule has 1 aliphatic carbocycles. The minimum atomic E-state index is -0.336. The Morgan fingerprint density at radius 2 is 1.42 bits per heavy atom. The Bertz CT molecular complexity index is 685. The Morgan fingerprint density at radius 1 is 0.846 bits per heavy atom. The average Bonchev–Trinajstić information content (AvgIpc) is 2.94. The lowest BCUT2D eigenvalue weighted by Crippen LogP contribution is -2.37. The molecule has 0 bridgehead atoms. The largest absolute Gasteiger partial charge is 0.415 e. The second kappa shape index (κ2) is 7.09. The quantitative estimate of drug-likeness (QED) is 0.762. The smallest absolute Gasteiger partial charge is 0.410 e. The zero-order valence-corrected chi connectivity index (χ0v) is 14.9. The van der Waals surface area contributed by atoms with Crippen LogP contribution < -0.4 is 9.64 Å².